The van der Waals surface area contributed by atoms with Gasteiger partial charge in [-0.15, -0.1) is 0 Å². The lowest BCUT2D eigenvalue weighted by Gasteiger charge is -2.09. The number of carbonyl (C=O) groups excluding carboxylic acids is 1. The van der Waals surface area contributed by atoms with Crippen LogP contribution in [0.15, 0.2) is 36.9 Å². The molecule has 1 atom stereocenters. The number of nitrogens with one attached hydrogen (secondary N) is 2. The summed E-state index contributed by atoms with van der Waals surface area (Å²) < 4.78 is 9.32. The highest BCUT2D eigenvalue weighted by Crippen LogP contribution is 2.17. The maximum Gasteiger partial charge on any atom is 0.271 e. The van der Waals surface area contributed by atoms with Gasteiger partial charge < -0.3 is 15.4 Å². The number of ether oxygens (including phenoxy) is 1. The monoisotopic (exact) mass is 368 g/mol. The number of hydrogen-bond donors (Lipinski definition) is 2. The fourth-order valence-electron chi connectivity index (χ4n) is 3.29. The first-order valence-corrected chi connectivity index (χ1v) is 9.37. The predicted molar refractivity (Wildman–Crippen MR) is 101 cm³/mol. The molecular weight excluding hydrogens is 344 g/mol. The number of aromatic nitrogens is 4. The third-order valence-electron chi connectivity index (χ3n) is 4.71. The van der Waals surface area contributed by atoms with Gasteiger partial charge in [0, 0.05) is 32.1 Å². The number of fused-ring (bicyclic) bond motifs is 1. The van der Waals surface area contributed by atoms with Crippen molar-refractivity contribution < 1.29 is 9.53 Å². The molecule has 0 spiro atoms. The molecule has 0 bridgehead atoms. The zero-order chi connectivity index (χ0) is 18.6. The molecule has 3 aromatic rings. The highest BCUT2D eigenvalue weighted by Gasteiger charge is 2.18. The quantitative estimate of drug-likeness (QED) is 0.661. The summed E-state index contributed by atoms with van der Waals surface area (Å²) in [5.74, 6) is 0.516. The standard InChI is InChI=1S/C19H24N6O2/c1-2-20-11-15-17-7-3-4-8-25(17)19(23-15)24-12-16(22-13-24)18(26)21-10-14-6-5-9-27-14/h3-4,7-8,12-14,20H,2,5-6,9-11H2,1H3,(H,21,26). The van der Waals surface area contributed by atoms with Crippen LogP contribution in [0.3, 0.4) is 0 Å². The molecule has 0 radical (unpaired) electrons. The van der Waals surface area contributed by atoms with Gasteiger partial charge >= 0.3 is 0 Å². The first-order valence-electron chi connectivity index (χ1n) is 9.37. The summed E-state index contributed by atoms with van der Waals surface area (Å²) in [6, 6.07) is 5.99. The van der Waals surface area contributed by atoms with Crippen LogP contribution in [-0.4, -0.2) is 50.6 Å². The molecule has 142 valence electrons. The van der Waals surface area contributed by atoms with E-state index in [4.69, 9.17) is 9.72 Å². The number of nitrogens with zero attached hydrogens (tertiary/aromatic N) is 4. The van der Waals surface area contributed by atoms with Crippen molar-refractivity contribution in [1.82, 2.24) is 29.6 Å². The smallest absolute Gasteiger partial charge is 0.271 e. The Hall–Kier alpha value is -2.71. The second-order valence-corrected chi connectivity index (χ2v) is 6.61. The first-order chi connectivity index (χ1) is 13.3. The molecule has 3 aromatic heterocycles. The predicted octanol–water partition coefficient (Wildman–Crippen LogP) is 1.54. The van der Waals surface area contributed by atoms with E-state index in [2.05, 4.69) is 22.5 Å². The van der Waals surface area contributed by atoms with Crippen molar-refractivity contribution in [2.75, 3.05) is 19.7 Å². The van der Waals surface area contributed by atoms with Crippen LogP contribution in [0.2, 0.25) is 0 Å². The summed E-state index contributed by atoms with van der Waals surface area (Å²) in [5, 5.41) is 6.21. The van der Waals surface area contributed by atoms with E-state index in [1.807, 2.05) is 28.8 Å². The Kier molecular flexibility index (Phi) is 5.17. The Labute approximate surface area is 157 Å². The average Bonchev–Trinajstić information content (AvgIpc) is 3.44. The molecule has 0 saturated carbocycles. The molecule has 1 aliphatic heterocycles. The van der Waals surface area contributed by atoms with E-state index in [1.165, 1.54) is 0 Å². The topological polar surface area (TPSA) is 85.5 Å². The van der Waals surface area contributed by atoms with E-state index >= 15 is 0 Å². The molecule has 27 heavy (non-hydrogen) atoms. The summed E-state index contributed by atoms with van der Waals surface area (Å²) in [7, 11) is 0. The fourth-order valence-corrected chi connectivity index (χ4v) is 3.29. The third-order valence-corrected chi connectivity index (χ3v) is 4.71. The third kappa shape index (κ3) is 3.72. The Morgan fingerprint density at radius 3 is 3.15 bits per heavy atom. The van der Waals surface area contributed by atoms with Gasteiger partial charge in [-0.2, -0.15) is 0 Å². The van der Waals surface area contributed by atoms with Crippen LogP contribution < -0.4 is 10.6 Å². The molecule has 8 heteroatoms. The molecule has 1 aliphatic rings. The van der Waals surface area contributed by atoms with Gasteiger partial charge in [0.25, 0.3) is 5.91 Å². The van der Waals surface area contributed by atoms with Crippen molar-refractivity contribution in [3.8, 4) is 5.95 Å². The summed E-state index contributed by atoms with van der Waals surface area (Å²) >= 11 is 0. The molecule has 8 nitrogen and oxygen atoms in total. The van der Waals surface area contributed by atoms with Gasteiger partial charge in [0.15, 0.2) is 0 Å². The Bertz CT molecular complexity index is 925. The second kappa shape index (κ2) is 7.89. The van der Waals surface area contributed by atoms with Crippen LogP contribution in [0, 0.1) is 0 Å². The van der Waals surface area contributed by atoms with Crippen LogP contribution in [0.1, 0.15) is 35.9 Å². The van der Waals surface area contributed by atoms with Gasteiger partial charge in [0.2, 0.25) is 5.95 Å². The number of amides is 1. The van der Waals surface area contributed by atoms with Gasteiger partial charge in [-0.1, -0.05) is 13.0 Å². The number of imidazole rings is 2. The maximum absolute atomic E-state index is 12.4. The Balaban J connectivity index is 1.54. The molecule has 1 unspecified atom stereocenters. The van der Waals surface area contributed by atoms with E-state index in [1.54, 1.807) is 17.1 Å². The van der Waals surface area contributed by atoms with Crippen LogP contribution in [-0.2, 0) is 11.3 Å². The number of hydrogen-bond acceptors (Lipinski definition) is 5. The lowest BCUT2D eigenvalue weighted by Crippen LogP contribution is -2.31. The van der Waals surface area contributed by atoms with Gasteiger partial charge in [-0.05, 0) is 31.5 Å². The van der Waals surface area contributed by atoms with E-state index in [-0.39, 0.29) is 12.0 Å². The normalized spacial score (nSPS) is 16.9. The highest BCUT2D eigenvalue weighted by molar-refractivity contribution is 5.92. The molecule has 1 saturated heterocycles. The Morgan fingerprint density at radius 1 is 1.41 bits per heavy atom. The summed E-state index contributed by atoms with van der Waals surface area (Å²) in [4.78, 5) is 21.4. The zero-order valence-electron chi connectivity index (χ0n) is 15.4. The average molecular weight is 368 g/mol. The number of rotatable bonds is 7. The lowest BCUT2D eigenvalue weighted by atomic mass is 10.2. The Morgan fingerprint density at radius 2 is 2.33 bits per heavy atom. The van der Waals surface area contributed by atoms with Crippen molar-refractivity contribution >= 4 is 11.4 Å². The SMILES string of the molecule is CCNCc1nc(-n2cnc(C(=O)NCC3CCCO3)c2)n2ccccc12. The first kappa shape index (κ1) is 17.7. The molecule has 1 fully saturated rings. The molecule has 2 N–H and O–H groups in total. The van der Waals surface area contributed by atoms with Crippen LogP contribution in [0.25, 0.3) is 11.5 Å². The van der Waals surface area contributed by atoms with Crippen molar-refractivity contribution in [2.45, 2.75) is 32.4 Å². The van der Waals surface area contributed by atoms with Crippen LogP contribution in [0.5, 0.6) is 0 Å². The van der Waals surface area contributed by atoms with Crippen molar-refractivity contribution in [3.05, 3.63) is 48.3 Å². The summed E-state index contributed by atoms with van der Waals surface area (Å²) in [6.45, 7) is 4.92. The van der Waals surface area contributed by atoms with Crippen LogP contribution in [0.4, 0.5) is 0 Å². The minimum atomic E-state index is -0.196. The molecule has 1 amide bonds. The van der Waals surface area contributed by atoms with Gasteiger partial charge in [-0.25, -0.2) is 9.97 Å². The van der Waals surface area contributed by atoms with Crippen molar-refractivity contribution in [3.63, 3.8) is 0 Å². The highest BCUT2D eigenvalue weighted by atomic mass is 16.5. The van der Waals surface area contributed by atoms with Gasteiger partial charge in [0.1, 0.15) is 12.0 Å². The van der Waals surface area contributed by atoms with E-state index in [9.17, 15) is 4.79 Å². The van der Waals surface area contributed by atoms with E-state index in [0.717, 1.165) is 37.2 Å². The second-order valence-electron chi connectivity index (χ2n) is 6.61. The van der Waals surface area contributed by atoms with E-state index in [0.29, 0.717) is 24.7 Å². The molecular formula is C19H24N6O2. The zero-order valence-corrected chi connectivity index (χ0v) is 15.4. The number of carbonyl (C=O) groups is 1. The summed E-state index contributed by atoms with van der Waals surface area (Å²) in [6.07, 6.45) is 7.45. The molecule has 4 rings (SSSR count). The molecule has 0 aromatic carbocycles. The lowest BCUT2D eigenvalue weighted by molar-refractivity contribution is 0.0854. The van der Waals surface area contributed by atoms with Crippen LogP contribution >= 0.6 is 0 Å². The van der Waals surface area contributed by atoms with Gasteiger partial charge in [0.05, 0.1) is 17.3 Å². The molecule has 0 aliphatic carbocycles. The minimum absolute atomic E-state index is 0.112. The largest absolute Gasteiger partial charge is 0.376 e. The van der Waals surface area contributed by atoms with Crippen molar-refractivity contribution in [1.29, 1.82) is 0 Å². The fraction of sp³-hybridized carbons (Fsp3) is 0.421. The summed E-state index contributed by atoms with van der Waals surface area (Å²) in [5.41, 5.74) is 2.37. The number of pyridine rings is 1. The van der Waals surface area contributed by atoms with Gasteiger partial charge in [-0.3, -0.25) is 13.8 Å². The van der Waals surface area contributed by atoms with E-state index < -0.39 is 0 Å². The minimum Gasteiger partial charge on any atom is -0.376 e. The maximum atomic E-state index is 12.4. The van der Waals surface area contributed by atoms with Crippen molar-refractivity contribution in [2.24, 2.45) is 0 Å². The molecule has 4 heterocycles.